The lowest BCUT2D eigenvalue weighted by Gasteiger charge is -2.25. The summed E-state index contributed by atoms with van der Waals surface area (Å²) in [6.07, 6.45) is -1.53. The van der Waals surface area contributed by atoms with E-state index in [1.165, 1.54) is 62.8 Å². The Kier molecular flexibility index (Phi) is 12.0. The summed E-state index contributed by atoms with van der Waals surface area (Å²) in [6, 6.07) is 11.4. The van der Waals surface area contributed by atoms with Crippen LogP contribution in [0.5, 0.6) is 0 Å². The van der Waals surface area contributed by atoms with E-state index in [9.17, 15) is 37.0 Å². The molecule has 0 spiro atoms. The number of aromatic nitrogens is 6. The Labute approximate surface area is 355 Å². The molecule has 62 heavy (non-hydrogen) atoms. The molecule has 0 saturated heterocycles. The van der Waals surface area contributed by atoms with E-state index in [2.05, 4.69) is 30.4 Å². The van der Waals surface area contributed by atoms with Crippen molar-refractivity contribution in [3.05, 3.63) is 128 Å². The van der Waals surface area contributed by atoms with Crippen molar-refractivity contribution in [2.45, 2.75) is 44.7 Å². The highest BCUT2D eigenvalue weighted by molar-refractivity contribution is 7.89. The molecule has 320 valence electrons. The summed E-state index contributed by atoms with van der Waals surface area (Å²) < 4.78 is 105. The summed E-state index contributed by atoms with van der Waals surface area (Å²) >= 11 is 4.81. The van der Waals surface area contributed by atoms with Gasteiger partial charge in [-0.25, -0.2) is 32.5 Å². The molecule has 3 unspecified atom stereocenters. The zero-order valence-electron chi connectivity index (χ0n) is 32.5. The van der Waals surface area contributed by atoms with Crippen molar-refractivity contribution in [3.63, 3.8) is 0 Å². The third-order valence-electron chi connectivity index (χ3n) is 10.1. The molecule has 7 rings (SSSR count). The lowest BCUT2D eigenvalue weighted by molar-refractivity contribution is -0.123. The van der Waals surface area contributed by atoms with E-state index in [0.29, 0.717) is 16.3 Å². The predicted octanol–water partition coefficient (Wildman–Crippen LogP) is 6.41. The minimum absolute atomic E-state index is 0.00312. The Balaban J connectivity index is 1.47. The Bertz CT molecular complexity index is 2870. The summed E-state index contributed by atoms with van der Waals surface area (Å²) in [5, 5.41) is 27.3. The lowest BCUT2D eigenvalue weighted by atomic mass is 10.0. The second-order valence-corrected chi connectivity index (χ2v) is 15.7. The van der Waals surface area contributed by atoms with E-state index >= 15 is 8.78 Å². The normalized spacial score (nSPS) is 15.2. The quantitative estimate of drug-likeness (QED) is 0.0460. The van der Waals surface area contributed by atoms with Crippen LogP contribution in [-0.2, 0) is 41.5 Å². The van der Waals surface area contributed by atoms with Gasteiger partial charge in [0.2, 0.25) is 11.7 Å². The molecule has 1 aliphatic rings. The molecule has 14 nitrogen and oxygen atoms in total. The molecule has 1 amide bonds. The molecule has 6 aromatic rings. The van der Waals surface area contributed by atoms with E-state index in [-0.39, 0.29) is 61.3 Å². The maximum Gasteiger partial charge on any atom is 0.292 e. The van der Waals surface area contributed by atoms with E-state index < -0.39 is 95.4 Å². The molecule has 22 heteroatoms. The molecule has 3 aromatic carbocycles. The van der Waals surface area contributed by atoms with Crippen molar-refractivity contribution in [1.82, 2.24) is 39.3 Å². The Morgan fingerprint density at radius 3 is 2.52 bits per heavy atom. The molecule has 0 bridgehead atoms. The standard InChI is InChI=1S/C40H32ClF6N11O3S/c1-18-10-24-33(36(44)45)55-57(35(24)40(18,46)47)17-31(59)53-28(13-19-11-21(42)15-22(43)12-19)38-54-27-14-20(26-8-9-51-30(16-48)52-26)4-5-23(27)39(60)58(38)29-7-6-25(41)32(34(29)50-2)37(49)56-62(3)61/h4-9,11-12,14-15,18,28,36,50H,10,13,17H2,1-3H3,(H2,49,56)(H,53,59). The maximum absolute atomic E-state index is 15.5. The molecule has 1 aliphatic carbocycles. The van der Waals surface area contributed by atoms with E-state index in [0.717, 1.165) is 16.7 Å². The average Bonchev–Trinajstić information content (AvgIpc) is 3.68. The Hall–Kier alpha value is -6.50. The zero-order chi connectivity index (χ0) is 44.8. The molecule has 0 fully saturated rings. The monoisotopic (exact) mass is 895 g/mol. The number of rotatable bonds is 12. The largest absolute Gasteiger partial charge is 0.593 e. The predicted molar refractivity (Wildman–Crippen MR) is 217 cm³/mol. The van der Waals surface area contributed by atoms with Crippen molar-refractivity contribution in [1.29, 1.82) is 10.7 Å². The average molecular weight is 896 g/mol. The molecule has 0 aliphatic heterocycles. The first-order valence-corrected chi connectivity index (χ1v) is 20.4. The Morgan fingerprint density at radius 2 is 1.85 bits per heavy atom. The number of nitrogens with one attached hydrogen (secondary N) is 4. The molecule has 3 aromatic heterocycles. The summed E-state index contributed by atoms with van der Waals surface area (Å²) in [4.78, 5) is 41.9. The van der Waals surface area contributed by atoms with Crippen LogP contribution in [0.2, 0.25) is 5.02 Å². The van der Waals surface area contributed by atoms with Crippen LogP contribution in [0.4, 0.5) is 32.0 Å². The number of anilines is 1. The number of carbonyl (C=O) groups is 1. The highest BCUT2D eigenvalue weighted by atomic mass is 35.5. The summed E-state index contributed by atoms with van der Waals surface area (Å²) in [5.41, 5.74) is -2.40. The Morgan fingerprint density at radius 1 is 1.13 bits per heavy atom. The highest BCUT2D eigenvalue weighted by Gasteiger charge is 2.51. The number of amidine groups is 1. The number of benzene rings is 3. The smallest absolute Gasteiger partial charge is 0.292 e. The van der Waals surface area contributed by atoms with Crippen molar-refractivity contribution in [2.24, 2.45) is 5.92 Å². The van der Waals surface area contributed by atoms with Crippen LogP contribution < -0.4 is 20.9 Å². The van der Waals surface area contributed by atoms with Gasteiger partial charge in [0.15, 0.2) is 5.84 Å². The van der Waals surface area contributed by atoms with Crippen LogP contribution in [0.3, 0.4) is 0 Å². The van der Waals surface area contributed by atoms with Crippen molar-refractivity contribution >= 4 is 51.3 Å². The number of halogens is 7. The number of alkyl halides is 4. The van der Waals surface area contributed by atoms with Gasteiger partial charge < -0.3 is 15.2 Å². The summed E-state index contributed by atoms with van der Waals surface area (Å²) in [7, 11) is 1.44. The SMILES string of the molecule is CNc1c(-n2c(C(Cc3cc(F)cc(F)c3)NC(=O)Cn3nc(C(F)F)c4c3C(F)(F)C(C)C4)nc3cc(-c4ccnc(C#N)n4)ccc3c2=O)ccc(Cl)c1C(=N)N[S+](C)[O-]. The van der Waals surface area contributed by atoms with E-state index in [1.54, 1.807) is 0 Å². The summed E-state index contributed by atoms with van der Waals surface area (Å²) in [5.74, 6) is -8.98. The molecule has 0 saturated carbocycles. The molecule has 3 heterocycles. The van der Waals surface area contributed by atoms with Crippen molar-refractivity contribution in [2.75, 3.05) is 18.6 Å². The second-order valence-electron chi connectivity index (χ2n) is 14.2. The van der Waals surface area contributed by atoms with Crippen LogP contribution in [0.1, 0.15) is 59.1 Å². The van der Waals surface area contributed by atoms with Crippen LogP contribution in [-0.4, -0.2) is 58.9 Å². The first kappa shape index (κ1) is 43.6. The van der Waals surface area contributed by atoms with Crippen molar-refractivity contribution in [3.8, 4) is 23.0 Å². The van der Waals surface area contributed by atoms with Crippen LogP contribution in [0, 0.1) is 34.3 Å². The maximum atomic E-state index is 15.5. The summed E-state index contributed by atoms with van der Waals surface area (Å²) in [6.45, 7) is 0.157. The fraction of sp³-hybridized carbons (Fsp3) is 0.250. The number of fused-ring (bicyclic) bond motifs is 2. The fourth-order valence-electron chi connectivity index (χ4n) is 7.44. The van der Waals surface area contributed by atoms with Crippen LogP contribution >= 0.6 is 11.6 Å². The second kappa shape index (κ2) is 17.1. The van der Waals surface area contributed by atoms with E-state index in [4.69, 9.17) is 22.0 Å². The van der Waals surface area contributed by atoms with Gasteiger partial charge in [-0.2, -0.15) is 23.9 Å². The van der Waals surface area contributed by atoms with Gasteiger partial charge in [0, 0.05) is 42.8 Å². The highest BCUT2D eigenvalue weighted by Crippen LogP contribution is 2.48. The van der Waals surface area contributed by atoms with E-state index in [1.807, 2.05) is 6.07 Å². The third kappa shape index (κ3) is 8.27. The minimum Gasteiger partial charge on any atom is -0.593 e. The number of hydrogen-bond donors (Lipinski definition) is 4. The van der Waals surface area contributed by atoms with Gasteiger partial charge in [-0.05, 0) is 54.4 Å². The topological polar surface area (TPSA) is 202 Å². The van der Waals surface area contributed by atoms with Gasteiger partial charge in [0.05, 0.1) is 56.0 Å². The number of nitriles is 1. The van der Waals surface area contributed by atoms with Gasteiger partial charge in [0.1, 0.15) is 47.7 Å². The molecular formula is C40H32ClF6N11O3S. The number of hydrogen-bond acceptors (Lipinski definition) is 10. The molecule has 4 N–H and O–H groups in total. The van der Waals surface area contributed by atoms with Crippen molar-refractivity contribution < 1.29 is 35.7 Å². The van der Waals surface area contributed by atoms with Crippen LogP contribution in [0.25, 0.3) is 27.8 Å². The van der Waals surface area contributed by atoms with Gasteiger partial charge in [-0.15, -0.1) is 0 Å². The molecule has 3 atom stereocenters. The number of amides is 1. The van der Waals surface area contributed by atoms with Gasteiger partial charge in [-0.1, -0.05) is 24.6 Å². The molecular weight excluding hydrogens is 864 g/mol. The lowest BCUT2D eigenvalue weighted by Crippen LogP contribution is -2.38. The van der Waals surface area contributed by atoms with Gasteiger partial charge in [-0.3, -0.25) is 24.2 Å². The fourth-order valence-corrected chi connectivity index (χ4v) is 8.09. The number of nitrogens with zero attached hydrogens (tertiary/aromatic N) is 7. The first-order valence-electron chi connectivity index (χ1n) is 18.4. The third-order valence-corrected chi connectivity index (χ3v) is 10.9. The van der Waals surface area contributed by atoms with Gasteiger partial charge in [0.25, 0.3) is 17.9 Å². The van der Waals surface area contributed by atoms with Gasteiger partial charge >= 0.3 is 0 Å². The zero-order valence-corrected chi connectivity index (χ0v) is 34.1. The van der Waals surface area contributed by atoms with Crippen LogP contribution in [0.15, 0.2) is 65.6 Å². The number of carbonyl (C=O) groups excluding carboxylic acids is 1. The first-order chi connectivity index (χ1) is 29.4. The minimum atomic E-state index is -3.63. The molecule has 0 radical (unpaired) electrons.